The fourth-order valence-corrected chi connectivity index (χ4v) is 1.95. The molecule has 0 unspecified atom stereocenters. The maximum absolute atomic E-state index is 13.5. The van der Waals surface area contributed by atoms with E-state index in [4.69, 9.17) is 9.84 Å². The van der Waals surface area contributed by atoms with Crippen LogP contribution in [-0.4, -0.2) is 11.1 Å². The zero-order valence-corrected chi connectivity index (χ0v) is 11.7. The number of hydrogen-bond donors (Lipinski definition) is 1. The maximum atomic E-state index is 13.5. The Bertz CT molecular complexity index is 659. The van der Waals surface area contributed by atoms with Crippen LogP contribution >= 0.6 is 15.9 Å². The fraction of sp³-hybridized carbons (Fsp3) is 0.0714. The molecule has 2 aromatic rings. The third kappa shape index (κ3) is 3.14. The van der Waals surface area contributed by atoms with Crippen LogP contribution in [0.4, 0.5) is 8.78 Å². The first-order valence-corrected chi connectivity index (χ1v) is 6.37. The van der Waals surface area contributed by atoms with Crippen molar-refractivity contribution < 1.29 is 23.4 Å². The van der Waals surface area contributed by atoms with E-state index in [1.54, 1.807) is 6.07 Å². The molecule has 0 bridgehead atoms. The average molecular weight is 343 g/mol. The van der Waals surface area contributed by atoms with Gasteiger partial charge in [0.2, 0.25) is 0 Å². The van der Waals surface area contributed by atoms with E-state index in [2.05, 4.69) is 15.9 Å². The van der Waals surface area contributed by atoms with Gasteiger partial charge in [-0.1, -0.05) is 28.1 Å². The summed E-state index contributed by atoms with van der Waals surface area (Å²) in [5.74, 6) is -3.05. The summed E-state index contributed by atoms with van der Waals surface area (Å²) in [4.78, 5) is 11.0. The molecule has 0 spiro atoms. The van der Waals surface area contributed by atoms with Crippen LogP contribution in [-0.2, 0) is 6.61 Å². The molecule has 0 atom stereocenters. The van der Waals surface area contributed by atoms with Crippen molar-refractivity contribution in [2.24, 2.45) is 0 Å². The number of carboxylic acids is 1. The molecular formula is C14H9BrF2O3. The number of rotatable bonds is 4. The van der Waals surface area contributed by atoms with Gasteiger partial charge in [0, 0.05) is 10.0 Å². The van der Waals surface area contributed by atoms with E-state index in [1.807, 2.05) is 0 Å². The largest absolute Gasteiger partial charge is 0.488 e. The summed E-state index contributed by atoms with van der Waals surface area (Å²) >= 11 is 3.19. The molecule has 0 amide bonds. The minimum atomic E-state index is -1.16. The number of halogens is 3. The Hall–Kier alpha value is -1.95. The van der Waals surface area contributed by atoms with Crippen molar-refractivity contribution in [1.82, 2.24) is 0 Å². The van der Waals surface area contributed by atoms with Crippen LogP contribution in [0.2, 0.25) is 0 Å². The molecule has 20 heavy (non-hydrogen) atoms. The molecule has 2 aromatic carbocycles. The van der Waals surface area contributed by atoms with Crippen LogP contribution in [0, 0.1) is 11.6 Å². The first kappa shape index (κ1) is 14.5. The van der Waals surface area contributed by atoms with Crippen molar-refractivity contribution in [2.75, 3.05) is 0 Å². The lowest BCUT2D eigenvalue weighted by Crippen LogP contribution is -2.05. The molecular weight excluding hydrogens is 334 g/mol. The van der Waals surface area contributed by atoms with Crippen LogP contribution in [0.3, 0.4) is 0 Å². The number of ether oxygens (including phenoxy) is 1. The van der Waals surface area contributed by atoms with Gasteiger partial charge in [0.25, 0.3) is 0 Å². The van der Waals surface area contributed by atoms with Gasteiger partial charge in [0.1, 0.15) is 17.9 Å². The SMILES string of the molecule is O=C(O)c1ccc(Br)cc1OCc1cccc(F)c1F. The van der Waals surface area contributed by atoms with Gasteiger partial charge in [-0.3, -0.25) is 0 Å². The molecule has 0 aromatic heterocycles. The third-order valence-corrected chi connectivity index (χ3v) is 3.08. The molecule has 104 valence electrons. The van der Waals surface area contributed by atoms with Crippen LogP contribution in [0.1, 0.15) is 15.9 Å². The maximum Gasteiger partial charge on any atom is 0.339 e. The van der Waals surface area contributed by atoms with Crippen LogP contribution < -0.4 is 4.74 Å². The van der Waals surface area contributed by atoms with E-state index in [-0.39, 0.29) is 23.5 Å². The van der Waals surface area contributed by atoms with Crippen molar-refractivity contribution in [1.29, 1.82) is 0 Å². The predicted molar refractivity (Wildman–Crippen MR) is 71.8 cm³/mol. The van der Waals surface area contributed by atoms with E-state index in [1.165, 1.54) is 24.3 Å². The highest BCUT2D eigenvalue weighted by Crippen LogP contribution is 2.25. The second-order valence-electron chi connectivity index (χ2n) is 3.95. The third-order valence-electron chi connectivity index (χ3n) is 2.59. The Balaban J connectivity index is 2.24. The molecule has 0 radical (unpaired) electrons. The number of carboxylic acid groups (broad SMARTS) is 1. The number of hydrogen-bond acceptors (Lipinski definition) is 2. The van der Waals surface area contributed by atoms with Crippen molar-refractivity contribution >= 4 is 21.9 Å². The molecule has 0 aliphatic heterocycles. The van der Waals surface area contributed by atoms with E-state index in [0.717, 1.165) is 6.07 Å². The van der Waals surface area contributed by atoms with Gasteiger partial charge >= 0.3 is 5.97 Å². The standard InChI is InChI=1S/C14H9BrF2O3/c15-9-4-5-10(14(18)19)12(6-9)20-7-8-2-1-3-11(16)13(8)17/h1-6H,7H2,(H,18,19). The second-order valence-corrected chi connectivity index (χ2v) is 4.86. The zero-order valence-electron chi connectivity index (χ0n) is 10.1. The Labute approximate surface area is 121 Å². The van der Waals surface area contributed by atoms with Gasteiger partial charge in [-0.15, -0.1) is 0 Å². The van der Waals surface area contributed by atoms with Crippen molar-refractivity contribution in [3.8, 4) is 5.75 Å². The highest BCUT2D eigenvalue weighted by molar-refractivity contribution is 9.10. The van der Waals surface area contributed by atoms with Gasteiger partial charge in [-0.2, -0.15) is 0 Å². The minimum Gasteiger partial charge on any atom is -0.488 e. The predicted octanol–water partition coefficient (Wildman–Crippen LogP) is 4.00. The van der Waals surface area contributed by atoms with E-state index < -0.39 is 17.6 Å². The lowest BCUT2D eigenvalue weighted by atomic mass is 10.2. The summed E-state index contributed by atoms with van der Waals surface area (Å²) < 4.78 is 32.4. The monoisotopic (exact) mass is 342 g/mol. The van der Waals surface area contributed by atoms with Crippen LogP contribution in [0.15, 0.2) is 40.9 Å². The molecule has 0 fully saturated rings. The highest BCUT2D eigenvalue weighted by Gasteiger charge is 2.13. The second kappa shape index (κ2) is 6.00. The summed E-state index contributed by atoms with van der Waals surface area (Å²) in [7, 11) is 0. The Morgan fingerprint density at radius 2 is 2.00 bits per heavy atom. The smallest absolute Gasteiger partial charge is 0.339 e. The molecule has 0 aliphatic rings. The quantitative estimate of drug-likeness (QED) is 0.913. The zero-order chi connectivity index (χ0) is 14.7. The summed E-state index contributed by atoms with van der Waals surface area (Å²) in [5.41, 5.74) is -0.0358. The lowest BCUT2D eigenvalue weighted by molar-refractivity contribution is 0.0691. The Morgan fingerprint density at radius 3 is 2.70 bits per heavy atom. The molecule has 0 heterocycles. The molecule has 0 aliphatic carbocycles. The first-order chi connectivity index (χ1) is 9.49. The van der Waals surface area contributed by atoms with Crippen LogP contribution in [0.5, 0.6) is 5.75 Å². The van der Waals surface area contributed by atoms with Gasteiger partial charge < -0.3 is 9.84 Å². The van der Waals surface area contributed by atoms with Gasteiger partial charge in [0.05, 0.1) is 0 Å². The van der Waals surface area contributed by atoms with Crippen molar-refractivity contribution in [3.05, 3.63) is 63.6 Å². The molecule has 1 N–H and O–H groups in total. The highest BCUT2D eigenvalue weighted by atomic mass is 79.9. The van der Waals surface area contributed by atoms with Gasteiger partial charge in [0.15, 0.2) is 11.6 Å². The van der Waals surface area contributed by atoms with Crippen molar-refractivity contribution in [2.45, 2.75) is 6.61 Å². The van der Waals surface area contributed by atoms with Crippen molar-refractivity contribution in [3.63, 3.8) is 0 Å². The summed E-state index contributed by atoms with van der Waals surface area (Å²) in [6.45, 7) is -0.264. The minimum absolute atomic E-state index is 0.0151. The van der Waals surface area contributed by atoms with E-state index in [0.29, 0.717) is 4.47 Å². The Kier molecular flexibility index (Phi) is 4.34. The molecule has 6 heteroatoms. The molecule has 0 saturated carbocycles. The van der Waals surface area contributed by atoms with E-state index >= 15 is 0 Å². The van der Waals surface area contributed by atoms with Gasteiger partial charge in [-0.05, 0) is 24.3 Å². The molecule has 0 saturated heterocycles. The summed E-state index contributed by atoms with van der Waals surface area (Å²) in [6, 6.07) is 8.11. The normalized spacial score (nSPS) is 10.3. The topological polar surface area (TPSA) is 46.5 Å². The van der Waals surface area contributed by atoms with Gasteiger partial charge in [-0.25, -0.2) is 13.6 Å². The molecule has 2 rings (SSSR count). The number of carbonyl (C=O) groups is 1. The Morgan fingerprint density at radius 1 is 1.25 bits per heavy atom. The fourth-order valence-electron chi connectivity index (χ4n) is 1.61. The number of benzene rings is 2. The molecule has 3 nitrogen and oxygen atoms in total. The van der Waals surface area contributed by atoms with Crippen LogP contribution in [0.25, 0.3) is 0 Å². The summed E-state index contributed by atoms with van der Waals surface area (Å²) in [5, 5.41) is 9.02. The van der Waals surface area contributed by atoms with E-state index in [9.17, 15) is 13.6 Å². The summed E-state index contributed by atoms with van der Waals surface area (Å²) in [6.07, 6.45) is 0. The first-order valence-electron chi connectivity index (χ1n) is 5.57. The average Bonchev–Trinajstić information content (AvgIpc) is 2.40. The lowest BCUT2D eigenvalue weighted by Gasteiger charge is -2.10. The number of aromatic carboxylic acids is 1.